The Morgan fingerprint density at radius 2 is 1.88 bits per heavy atom. The van der Waals surface area contributed by atoms with Crippen molar-refractivity contribution in [3.63, 3.8) is 0 Å². The Hall–Kier alpha value is -1.47. The van der Waals surface area contributed by atoms with Gasteiger partial charge in [-0.2, -0.15) is 0 Å². The van der Waals surface area contributed by atoms with Crippen molar-refractivity contribution in [1.82, 2.24) is 10.3 Å². The molecule has 0 bridgehead atoms. The summed E-state index contributed by atoms with van der Waals surface area (Å²) >= 11 is 0. The number of rotatable bonds is 4. The first kappa shape index (κ1) is 13.6. The van der Waals surface area contributed by atoms with Crippen LogP contribution in [0.5, 0.6) is 0 Å². The number of hydrogen-bond acceptors (Lipinski definition) is 3. The summed E-state index contributed by atoms with van der Waals surface area (Å²) in [6.07, 6.45) is 0. The summed E-state index contributed by atoms with van der Waals surface area (Å²) in [7, 11) is -4.08. The zero-order chi connectivity index (χ0) is 13.1. The van der Waals surface area contributed by atoms with Crippen LogP contribution >= 0.6 is 0 Å². The van der Waals surface area contributed by atoms with Gasteiger partial charge in [0.2, 0.25) is 5.91 Å². The fourth-order valence-corrected chi connectivity index (χ4v) is 1.91. The lowest BCUT2D eigenvalue weighted by Crippen LogP contribution is -2.43. The Balaban J connectivity index is 2.84. The van der Waals surface area contributed by atoms with Crippen LogP contribution in [0.1, 0.15) is 13.8 Å². The number of hydrogen-bond donors (Lipinski definition) is 2. The highest BCUT2D eigenvalue weighted by Gasteiger charge is 2.19. The van der Waals surface area contributed by atoms with Gasteiger partial charge in [-0.25, -0.2) is 12.8 Å². The summed E-state index contributed by atoms with van der Waals surface area (Å²) in [6.45, 7) is 3.21. The molecule has 94 valence electrons. The van der Waals surface area contributed by atoms with Crippen LogP contribution in [0.25, 0.3) is 0 Å². The highest BCUT2D eigenvalue weighted by atomic mass is 32.2. The number of carbonyl (C=O) groups excluding carboxylic acids is 1. The number of benzene rings is 1. The molecule has 0 aliphatic heterocycles. The summed E-state index contributed by atoms with van der Waals surface area (Å²) in [4.78, 5) is 12.5. The summed E-state index contributed by atoms with van der Waals surface area (Å²) in [5, 5.41) is 0. The zero-order valence-electron chi connectivity index (χ0n) is 9.40. The first-order valence-electron chi connectivity index (χ1n) is 4.91. The van der Waals surface area contributed by atoms with Crippen LogP contribution < -0.4 is 10.3 Å². The first-order chi connectivity index (χ1) is 7.84. The smallest absolute Gasteiger partial charge is 0.260 e. The van der Waals surface area contributed by atoms with E-state index >= 15 is 0 Å². The second kappa shape index (κ2) is 5.24. The van der Waals surface area contributed by atoms with E-state index in [-0.39, 0.29) is 5.92 Å². The average molecular weight is 260 g/mol. The molecule has 0 aliphatic carbocycles. The number of hydrazine groups is 1. The van der Waals surface area contributed by atoms with Gasteiger partial charge in [0.1, 0.15) is 10.7 Å². The van der Waals surface area contributed by atoms with Crippen molar-refractivity contribution in [2.75, 3.05) is 0 Å². The van der Waals surface area contributed by atoms with E-state index in [2.05, 4.69) is 0 Å². The Kier molecular flexibility index (Phi) is 4.19. The fourth-order valence-electron chi connectivity index (χ4n) is 0.979. The minimum absolute atomic E-state index is 0.377. The SMILES string of the molecule is CC(C)C(=O)NNS(=O)(=O)c1ccccc1F. The van der Waals surface area contributed by atoms with E-state index in [0.717, 1.165) is 12.1 Å². The quantitative estimate of drug-likeness (QED) is 0.786. The van der Waals surface area contributed by atoms with Gasteiger partial charge in [0.25, 0.3) is 10.0 Å². The predicted molar refractivity (Wildman–Crippen MR) is 59.7 cm³/mol. The van der Waals surface area contributed by atoms with Crippen LogP contribution in [0.4, 0.5) is 4.39 Å². The molecule has 7 heteroatoms. The van der Waals surface area contributed by atoms with Gasteiger partial charge in [0.05, 0.1) is 0 Å². The summed E-state index contributed by atoms with van der Waals surface area (Å²) in [6, 6.07) is 4.90. The van der Waals surface area contributed by atoms with E-state index in [9.17, 15) is 17.6 Å². The Labute approximate surface area is 99.0 Å². The Morgan fingerprint density at radius 1 is 1.29 bits per heavy atom. The Bertz CT molecular complexity index is 514. The molecule has 1 rings (SSSR count). The number of nitrogens with one attached hydrogen (secondary N) is 2. The molecule has 1 amide bonds. The molecule has 0 saturated heterocycles. The summed E-state index contributed by atoms with van der Waals surface area (Å²) < 4.78 is 36.5. The van der Waals surface area contributed by atoms with Crippen molar-refractivity contribution in [1.29, 1.82) is 0 Å². The maximum absolute atomic E-state index is 13.2. The van der Waals surface area contributed by atoms with E-state index < -0.39 is 26.6 Å². The van der Waals surface area contributed by atoms with Gasteiger partial charge in [-0.15, -0.1) is 4.83 Å². The van der Waals surface area contributed by atoms with Gasteiger partial charge in [-0.1, -0.05) is 26.0 Å². The lowest BCUT2D eigenvalue weighted by atomic mass is 10.2. The molecular formula is C10H13FN2O3S. The number of amides is 1. The highest BCUT2D eigenvalue weighted by Crippen LogP contribution is 2.12. The molecule has 2 N–H and O–H groups in total. The molecule has 0 aliphatic rings. The molecule has 17 heavy (non-hydrogen) atoms. The van der Waals surface area contributed by atoms with Gasteiger partial charge in [-0.3, -0.25) is 10.2 Å². The second-order valence-corrected chi connectivity index (χ2v) is 5.33. The monoisotopic (exact) mass is 260 g/mol. The molecule has 1 aromatic rings. The van der Waals surface area contributed by atoms with Gasteiger partial charge in [0.15, 0.2) is 0 Å². The van der Waals surface area contributed by atoms with Crippen LogP contribution in [-0.2, 0) is 14.8 Å². The maximum Gasteiger partial charge on any atom is 0.260 e. The van der Waals surface area contributed by atoms with E-state index in [4.69, 9.17) is 0 Å². The van der Waals surface area contributed by atoms with E-state index in [1.807, 2.05) is 10.3 Å². The minimum atomic E-state index is -4.08. The van der Waals surface area contributed by atoms with Crippen LogP contribution in [-0.4, -0.2) is 14.3 Å². The van der Waals surface area contributed by atoms with Crippen molar-refractivity contribution in [2.45, 2.75) is 18.7 Å². The van der Waals surface area contributed by atoms with E-state index in [1.54, 1.807) is 13.8 Å². The largest absolute Gasteiger partial charge is 0.277 e. The minimum Gasteiger partial charge on any atom is -0.277 e. The predicted octanol–water partition coefficient (Wildman–Crippen LogP) is 0.791. The third-order valence-electron chi connectivity index (χ3n) is 1.96. The van der Waals surface area contributed by atoms with Crippen LogP contribution in [0.2, 0.25) is 0 Å². The molecule has 1 aromatic carbocycles. The molecule has 0 heterocycles. The van der Waals surface area contributed by atoms with Crippen LogP contribution in [0.15, 0.2) is 29.2 Å². The average Bonchev–Trinajstić information content (AvgIpc) is 2.26. The third kappa shape index (κ3) is 3.50. The molecule has 5 nitrogen and oxygen atoms in total. The standard InChI is InChI=1S/C10H13FN2O3S/c1-7(2)10(14)12-13-17(15,16)9-6-4-3-5-8(9)11/h3-7,13H,1-2H3,(H,12,14). The number of halogens is 1. The van der Waals surface area contributed by atoms with E-state index in [0.29, 0.717) is 0 Å². The highest BCUT2D eigenvalue weighted by molar-refractivity contribution is 7.89. The maximum atomic E-state index is 13.2. The van der Waals surface area contributed by atoms with Gasteiger partial charge >= 0.3 is 0 Å². The van der Waals surface area contributed by atoms with Gasteiger partial charge in [0, 0.05) is 5.92 Å². The van der Waals surface area contributed by atoms with Crippen LogP contribution in [0, 0.1) is 11.7 Å². The normalized spacial score (nSPS) is 11.5. The molecule has 0 spiro atoms. The zero-order valence-corrected chi connectivity index (χ0v) is 10.2. The van der Waals surface area contributed by atoms with Crippen molar-refractivity contribution in [3.8, 4) is 0 Å². The molecule has 0 unspecified atom stereocenters. The summed E-state index contributed by atoms with van der Waals surface area (Å²) in [5.74, 6) is -1.75. The van der Waals surface area contributed by atoms with Gasteiger partial charge in [-0.05, 0) is 12.1 Å². The third-order valence-corrected chi connectivity index (χ3v) is 3.24. The number of sulfonamides is 1. The lowest BCUT2D eigenvalue weighted by Gasteiger charge is -2.10. The molecule has 0 atom stereocenters. The number of carbonyl (C=O) groups is 1. The summed E-state index contributed by atoms with van der Waals surface area (Å²) in [5.41, 5.74) is 2.00. The van der Waals surface area contributed by atoms with Crippen molar-refractivity contribution in [3.05, 3.63) is 30.1 Å². The second-order valence-electron chi connectivity index (χ2n) is 3.68. The molecule has 0 radical (unpaired) electrons. The van der Waals surface area contributed by atoms with Gasteiger partial charge < -0.3 is 0 Å². The van der Waals surface area contributed by atoms with Crippen molar-refractivity contribution in [2.24, 2.45) is 5.92 Å². The van der Waals surface area contributed by atoms with Crippen LogP contribution in [0.3, 0.4) is 0 Å². The van der Waals surface area contributed by atoms with E-state index in [1.165, 1.54) is 12.1 Å². The van der Waals surface area contributed by atoms with Crippen molar-refractivity contribution >= 4 is 15.9 Å². The molecule has 0 aromatic heterocycles. The lowest BCUT2D eigenvalue weighted by molar-refractivity contribution is -0.124. The molecular weight excluding hydrogens is 247 g/mol. The molecule has 0 saturated carbocycles. The topological polar surface area (TPSA) is 75.3 Å². The first-order valence-corrected chi connectivity index (χ1v) is 6.39. The molecule has 0 fully saturated rings. The van der Waals surface area contributed by atoms with Crippen molar-refractivity contribution < 1.29 is 17.6 Å². The Morgan fingerprint density at radius 3 is 2.41 bits per heavy atom. The fraction of sp³-hybridized carbons (Fsp3) is 0.300.